The molecule has 0 N–H and O–H groups in total. The van der Waals surface area contributed by atoms with E-state index in [1.165, 1.54) is 0 Å². The Morgan fingerprint density at radius 3 is 1.61 bits per heavy atom. The van der Waals surface area contributed by atoms with Gasteiger partial charge in [0.25, 0.3) is 0 Å². The van der Waals surface area contributed by atoms with Crippen LogP contribution in [0, 0.1) is 23.7 Å². The first-order valence-electron chi connectivity index (χ1n) is 6.63. The highest BCUT2D eigenvalue weighted by Gasteiger charge is 2.51. The number of carbonyl (C=O) groups excluding carboxylic acids is 2. The molecule has 0 heterocycles. The van der Waals surface area contributed by atoms with E-state index in [0.717, 1.165) is 12.8 Å². The van der Waals surface area contributed by atoms with Crippen molar-refractivity contribution in [2.24, 2.45) is 23.7 Å². The monoisotopic (exact) mass is 238 g/mol. The van der Waals surface area contributed by atoms with Gasteiger partial charge in [-0.05, 0) is 24.7 Å². The summed E-state index contributed by atoms with van der Waals surface area (Å²) in [4.78, 5) is 25.2. The van der Waals surface area contributed by atoms with Crippen LogP contribution in [-0.2, 0) is 0 Å². The van der Waals surface area contributed by atoms with E-state index >= 15 is 0 Å². The van der Waals surface area contributed by atoms with Gasteiger partial charge in [-0.25, -0.2) is 0 Å². The molecule has 1 saturated carbocycles. The Hall–Kier alpha value is -1.70. The summed E-state index contributed by atoms with van der Waals surface area (Å²) < 4.78 is 0. The molecule has 1 fully saturated rings. The fourth-order valence-corrected chi connectivity index (χ4v) is 3.98. The van der Waals surface area contributed by atoms with E-state index in [4.69, 9.17) is 0 Å². The second-order valence-corrected chi connectivity index (χ2v) is 5.62. The number of ketones is 2. The topological polar surface area (TPSA) is 34.1 Å². The summed E-state index contributed by atoms with van der Waals surface area (Å²) in [5, 5.41) is 0. The van der Waals surface area contributed by atoms with Gasteiger partial charge in [0.05, 0.1) is 0 Å². The molecular formula is C16H14O2. The first-order chi connectivity index (χ1) is 8.77. The number of hydrogen-bond acceptors (Lipinski definition) is 2. The third kappa shape index (κ3) is 1.13. The molecule has 1 aromatic rings. The van der Waals surface area contributed by atoms with Gasteiger partial charge in [-0.3, -0.25) is 9.59 Å². The lowest BCUT2D eigenvalue weighted by atomic mass is 9.56. The van der Waals surface area contributed by atoms with E-state index < -0.39 is 0 Å². The predicted molar refractivity (Wildman–Crippen MR) is 67.4 cm³/mol. The minimum Gasteiger partial charge on any atom is -0.294 e. The van der Waals surface area contributed by atoms with Crippen LogP contribution in [0.4, 0.5) is 0 Å². The van der Waals surface area contributed by atoms with E-state index in [1.807, 2.05) is 12.1 Å². The third-order valence-electron chi connectivity index (χ3n) is 4.81. The molecule has 0 aromatic heterocycles. The van der Waals surface area contributed by atoms with Crippen LogP contribution in [0.1, 0.15) is 33.6 Å². The Bertz CT molecular complexity index is 534. The van der Waals surface area contributed by atoms with E-state index in [0.29, 0.717) is 11.1 Å². The summed E-state index contributed by atoms with van der Waals surface area (Å²) in [5.41, 5.74) is 1.29. The van der Waals surface area contributed by atoms with E-state index in [9.17, 15) is 9.59 Å². The number of allylic oxidation sites excluding steroid dienone is 2. The average molecular weight is 238 g/mol. The molecular weight excluding hydrogens is 224 g/mol. The maximum atomic E-state index is 12.6. The summed E-state index contributed by atoms with van der Waals surface area (Å²) in [5.74, 6) is 0.769. The molecule has 4 aliphatic rings. The second kappa shape index (κ2) is 3.41. The van der Waals surface area contributed by atoms with Crippen LogP contribution in [0.15, 0.2) is 36.4 Å². The zero-order valence-corrected chi connectivity index (χ0v) is 10.0. The highest BCUT2D eigenvalue weighted by molar-refractivity contribution is 6.16. The smallest absolute Gasteiger partial charge is 0.168 e. The molecule has 0 spiro atoms. The standard InChI is InChI=1S/C16H14O2/c17-15-11-3-1-2-4-12(11)16(18)14-10-7-5-9(6-8-10)13(14)15/h1-5,7,9-10,13-14H,6,8H2/t9-,10+,13-,14+. The first kappa shape index (κ1) is 10.2. The lowest BCUT2D eigenvalue weighted by Gasteiger charge is -2.45. The van der Waals surface area contributed by atoms with Gasteiger partial charge in [-0.15, -0.1) is 0 Å². The normalized spacial score (nSPS) is 36.4. The Balaban J connectivity index is 1.92. The molecule has 0 amide bonds. The SMILES string of the molecule is O=C1c2ccccc2C(=O)[C@H]2[C@@H]1[C@H]1C=C[C@@H]2CC1. The number of benzene rings is 1. The number of Topliss-reactive ketones (excluding diaryl/α,β-unsaturated/α-hetero) is 2. The fourth-order valence-electron chi connectivity index (χ4n) is 3.98. The summed E-state index contributed by atoms with van der Waals surface area (Å²) in [6.45, 7) is 0. The van der Waals surface area contributed by atoms with Crippen LogP contribution in [-0.4, -0.2) is 11.6 Å². The van der Waals surface area contributed by atoms with Crippen molar-refractivity contribution in [1.29, 1.82) is 0 Å². The molecule has 4 atom stereocenters. The Morgan fingerprint density at radius 1 is 0.778 bits per heavy atom. The third-order valence-corrected chi connectivity index (χ3v) is 4.81. The minimum absolute atomic E-state index is 0.0869. The van der Waals surface area contributed by atoms with Crippen molar-refractivity contribution in [3.05, 3.63) is 47.5 Å². The van der Waals surface area contributed by atoms with Crippen LogP contribution in [0.3, 0.4) is 0 Å². The molecule has 2 nitrogen and oxygen atoms in total. The van der Waals surface area contributed by atoms with Crippen molar-refractivity contribution in [3.63, 3.8) is 0 Å². The highest BCUT2D eigenvalue weighted by Crippen LogP contribution is 2.49. The maximum Gasteiger partial charge on any atom is 0.168 e. The molecule has 0 unspecified atom stereocenters. The summed E-state index contributed by atoms with van der Waals surface area (Å²) >= 11 is 0. The van der Waals surface area contributed by atoms with Crippen molar-refractivity contribution < 1.29 is 9.59 Å². The second-order valence-electron chi connectivity index (χ2n) is 5.62. The van der Waals surface area contributed by atoms with Gasteiger partial charge < -0.3 is 0 Å². The Morgan fingerprint density at radius 2 is 1.22 bits per heavy atom. The van der Waals surface area contributed by atoms with Crippen molar-refractivity contribution in [2.75, 3.05) is 0 Å². The fraction of sp³-hybridized carbons (Fsp3) is 0.375. The Kier molecular flexibility index (Phi) is 1.94. The lowest BCUT2D eigenvalue weighted by molar-refractivity contribution is 0.0520. The molecule has 18 heavy (non-hydrogen) atoms. The van der Waals surface area contributed by atoms with Crippen LogP contribution in [0.25, 0.3) is 0 Å². The zero-order chi connectivity index (χ0) is 12.3. The van der Waals surface area contributed by atoms with Crippen LogP contribution >= 0.6 is 0 Å². The number of fused-ring (bicyclic) bond motifs is 2. The van der Waals surface area contributed by atoms with Gasteiger partial charge in [0, 0.05) is 23.0 Å². The minimum atomic E-state index is -0.0869. The zero-order valence-electron chi connectivity index (χ0n) is 10.0. The number of carbonyl (C=O) groups is 2. The number of hydrogen-bond donors (Lipinski definition) is 0. The number of rotatable bonds is 0. The molecule has 5 rings (SSSR count). The van der Waals surface area contributed by atoms with Crippen molar-refractivity contribution in [1.82, 2.24) is 0 Å². The predicted octanol–water partition coefficient (Wildman–Crippen LogP) is 2.89. The van der Waals surface area contributed by atoms with Gasteiger partial charge in [0.2, 0.25) is 0 Å². The van der Waals surface area contributed by atoms with Crippen LogP contribution < -0.4 is 0 Å². The molecule has 4 aliphatic carbocycles. The van der Waals surface area contributed by atoms with Crippen LogP contribution in [0.2, 0.25) is 0 Å². The summed E-state index contributed by atoms with van der Waals surface area (Å²) in [7, 11) is 0. The summed E-state index contributed by atoms with van der Waals surface area (Å²) in [6, 6.07) is 7.30. The lowest BCUT2D eigenvalue weighted by Crippen LogP contribution is -2.48. The average Bonchev–Trinajstić information content (AvgIpc) is 2.45. The molecule has 2 heteroatoms. The van der Waals surface area contributed by atoms with Gasteiger partial charge in [-0.1, -0.05) is 36.4 Å². The molecule has 1 aromatic carbocycles. The van der Waals surface area contributed by atoms with Gasteiger partial charge >= 0.3 is 0 Å². The van der Waals surface area contributed by atoms with E-state index in [-0.39, 0.29) is 35.2 Å². The molecule has 0 saturated heterocycles. The van der Waals surface area contributed by atoms with Crippen LogP contribution in [0.5, 0.6) is 0 Å². The first-order valence-corrected chi connectivity index (χ1v) is 6.63. The molecule has 0 aliphatic heterocycles. The molecule has 90 valence electrons. The molecule has 2 bridgehead atoms. The molecule has 0 radical (unpaired) electrons. The van der Waals surface area contributed by atoms with E-state index in [2.05, 4.69) is 12.2 Å². The van der Waals surface area contributed by atoms with E-state index in [1.54, 1.807) is 12.1 Å². The van der Waals surface area contributed by atoms with Gasteiger partial charge in [0.15, 0.2) is 11.6 Å². The highest BCUT2D eigenvalue weighted by atomic mass is 16.1. The quantitative estimate of drug-likeness (QED) is 0.651. The van der Waals surface area contributed by atoms with Gasteiger partial charge in [-0.2, -0.15) is 0 Å². The largest absolute Gasteiger partial charge is 0.294 e. The summed E-state index contributed by atoms with van der Waals surface area (Å²) in [6.07, 6.45) is 6.44. The van der Waals surface area contributed by atoms with Gasteiger partial charge in [0.1, 0.15) is 0 Å². The maximum absolute atomic E-state index is 12.6. The van der Waals surface area contributed by atoms with Crippen molar-refractivity contribution in [2.45, 2.75) is 12.8 Å². The Labute approximate surface area is 106 Å². The van der Waals surface area contributed by atoms with Crippen molar-refractivity contribution >= 4 is 11.6 Å². The van der Waals surface area contributed by atoms with Crippen molar-refractivity contribution in [3.8, 4) is 0 Å².